The Balaban J connectivity index is 0.00000289. The molecule has 2 nitrogen and oxygen atoms in total. The van der Waals surface area contributed by atoms with Crippen LogP contribution in [0.2, 0.25) is 18.1 Å². The van der Waals surface area contributed by atoms with Gasteiger partial charge in [0.1, 0.15) is 0 Å². The Hall–Kier alpha value is 1.63. The molecular formula is C10H22BF3KNOSi. The first-order chi connectivity index (χ1) is 7.41. The Labute approximate surface area is 152 Å². The van der Waals surface area contributed by atoms with E-state index in [4.69, 9.17) is 4.43 Å². The van der Waals surface area contributed by atoms with Crippen LogP contribution < -0.4 is 51.4 Å². The zero-order valence-electron chi connectivity index (χ0n) is 12.3. The van der Waals surface area contributed by atoms with Gasteiger partial charge in [-0.15, -0.1) is 0 Å². The van der Waals surface area contributed by atoms with Crippen molar-refractivity contribution in [1.82, 2.24) is 4.90 Å². The summed E-state index contributed by atoms with van der Waals surface area (Å²) in [6.07, 6.45) is -0.758. The summed E-state index contributed by atoms with van der Waals surface area (Å²) in [4.78, 5) is 1.41. The van der Waals surface area contributed by atoms with E-state index in [-0.39, 0.29) is 62.5 Å². The average molecular weight is 307 g/mol. The van der Waals surface area contributed by atoms with Crippen LogP contribution in [0.15, 0.2) is 0 Å². The van der Waals surface area contributed by atoms with E-state index in [0.717, 1.165) is 0 Å². The van der Waals surface area contributed by atoms with Gasteiger partial charge in [-0.1, -0.05) is 20.8 Å². The molecule has 0 unspecified atom stereocenters. The number of halogens is 3. The number of rotatable bonds is 4. The van der Waals surface area contributed by atoms with Crippen LogP contribution in [0.3, 0.4) is 0 Å². The van der Waals surface area contributed by atoms with E-state index >= 15 is 0 Å². The van der Waals surface area contributed by atoms with E-state index in [1.165, 1.54) is 4.90 Å². The summed E-state index contributed by atoms with van der Waals surface area (Å²) in [5.41, 5.74) is 0. The van der Waals surface area contributed by atoms with Crippen molar-refractivity contribution in [3.63, 3.8) is 0 Å². The summed E-state index contributed by atoms with van der Waals surface area (Å²) in [6.45, 7) is 6.81. The van der Waals surface area contributed by atoms with Gasteiger partial charge in [-0.25, -0.2) is 0 Å². The van der Waals surface area contributed by atoms with E-state index in [1.54, 1.807) is 0 Å². The van der Waals surface area contributed by atoms with Gasteiger partial charge in [0.2, 0.25) is 0 Å². The second kappa shape index (κ2) is 6.59. The van der Waals surface area contributed by atoms with Crippen LogP contribution in [0.25, 0.3) is 0 Å². The predicted molar refractivity (Wildman–Crippen MR) is 67.6 cm³/mol. The summed E-state index contributed by atoms with van der Waals surface area (Å²) >= 11 is 0. The van der Waals surface area contributed by atoms with Crippen molar-refractivity contribution in [3.8, 4) is 0 Å². The molecule has 0 saturated carbocycles. The molecule has 0 N–H and O–H groups in total. The molecule has 102 valence electrons. The van der Waals surface area contributed by atoms with Crippen LogP contribution in [-0.2, 0) is 4.43 Å². The Morgan fingerprint density at radius 2 is 1.67 bits per heavy atom. The van der Waals surface area contributed by atoms with Gasteiger partial charge in [-0.2, -0.15) is 0 Å². The fourth-order valence-electron chi connectivity index (χ4n) is 1.63. The molecule has 1 rings (SSSR count). The minimum atomic E-state index is -4.70. The molecule has 1 fully saturated rings. The normalized spacial score (nSPS) is 19.3. The Morgan fingerprint density at radius 1 is 1.22 bits per heavy atom. The summed E-state index contributed by atoms with van der Waals surface area (Å²) < 4.78 is 42.5. The van der Waals surface area contributed by atoms with Gasteiger partial charge in [0, 0.05) is 13.1 Å². The topological polar surface area (TPSA) is 12.5 Å². The number of hydrogen-bond donors (Lipinski definition) is 0. The summed E-state index contributed by atoms with van der Waals surface area (Å²) in [5, 5.41) is 0.112. The summed E-state index contributed by atoms with van der Waals surface area (Å²) in [5.74, 6) is 0. The molecule has 1 saturated heterocycles. The largest absolute Gasteiger partial charge is 1.00 e. The summed E-state index contributed by atoms with van der Waals surface area (Å²) in [7, 11) is -1.83. The van der Waals surface area contributed by atoms with Crippen molar-refractivity contribution in [2.24, 2.45) is 0 Å². The minimum Gasteiger partial charge on any atom is -0.448 e. The van der Waals surface area contributed by atoms with Gasteiger partial charge in [-0.05, 0) is 24.6 Å². The van der Waals surface area contributed by atoms with Crippen molar-refractivity contribution in [2.45, 2.75) is 45.0 Å². The van der Waals surface area contributed by atoms with Gasteiger partial charge in [0.25, 0.3) is 0 Å². The maximum absolute atomic E-state index is 12.2. The fraction of sp³-hybridized carbons (Fsp3) is 1.00. The zero-order chi connectivity index (χ0) is 13.5. The van der Waals surface area contributed by atoms with Gasteiger partial charge in [0.15, 0.2) is 8.32 Å². The predicted octanol–water partition coefficient (Wildman–Crippen LogP) is 0.0830. The van der Waals surface area contributed by atoms with E-state index in [0.29, 0.717) is 13.1 Å². The minimum absolute atomic E-state index is 0. The standard InChI is InChI=1S/C10H22BF3NOSi.K/c1-10(2,3)17(4,5)16-9-6-15(7-9)8-11(12,13)14;/h9H,6-8H2,1-5H3;/q-1;+1. The number of likely N-dealkylation sites (tertiary alicyclic amines) is 1. The third-order valence-electron chi connectivity index (χ3n) is 3.66. The van der Waals surface area contributed by atoms with Crippen LogP contribution in [0.5, 0.6) is 0 Å². The molecule has 0 radical (unpaired) electrons. The van der Waals surface area contributed by atoms with Crippen LogP contribution >= 0.6 is 0 Å². The first-order valence-corrected chi connectivity index (χ1v) is 8.93. The van der Waals surface area contributed by atoms with Crippen LogP contribution in [0, 0.1) is 0 Å². The SMILES string of the molecule is CC(C)(C)[Si](C)(C)OC1CN(C[B-](F)(F)F)C1.[K+]. The van der Waals surface area contributed by atoms with Gasteiger partial charge in [-0.3, -0.25) is 0 Å². The number of nitrogens with zero attached hydrogens (tertiary/aromatic N) is 1. The maximum Gasteiger partial charge on any atom is 1.00 e. The quantitative estimate of drug-likeness (QED) is 0.682. The molecule has 1 heterocycles. The van der Waals surface area contributed by atoms with Crippen LogP contribution in [0.4, 0.5) is 12.9 Å². The van der Waals surface area contributed by atoms with Crippen molar-refractivity contribution >= 4 is 15.3 Å². The summed E-state index contributed by atoms with van der Waals surface area (Å²) in [6, 6.07) is 0. The van der Waals surface area contributed by atoms with Crippen molar-refractivity contribution < 1.29 is 68.8 Å². The molecule has 0 spiro atoms. The molecule has 0 bridgehead atoms. The monoisotopic (exact) mass is 307 g/mol. The second-order valence-corrected chi connectivity index (χ2v) is 11.2. The first kappa shape index (κ1) is 19.6. The first-order valence-electron chi connectivity index (χ1n) is 6.02. The molecule has 0 aromatic carbocycles. The van der Waals surface area contributed by atoms with E-state index in [2.05, 4.69) is 33.9 Å². The Bertz CT molecular complexity index is 277. The molecule has 0 aromatic rings. The molecule has 18 heavy (non-hydrogen) atoms. The third-order valence-corrected chi connectivity index (χ3v) is 8.19. The van der Waals surface area contributed by atoms with Crippen molar-refractivity contribution in [1.29, 1.82) is 0 Å². The molecule has 0 atom stereocenters. The van der Waals surface area contributed by atoms with E-state index in [9.17, 15) is 12.9 Å². The van der Waals surface area contributed by atoms with Gasteiger partial charge < -0.3 is 22.3 Å². The van der Waals surface area contributed by atoms with Crippen LogP contribution in [-0.4, -0.2) is 45.8 Å². The van der Waals surface area contributed by atoms with Gasteiger partial charge >= 0.3 is 58.4 Å². The molecular weight excluding hydrogens is 285 g/mol. The third kappa shape index (κ3) is 5.95. The average Bonchev–Trinajstić information content (AvgIpc) is 1.94. The van der Waals surface area contributed by atoms with Gasteiger partial charge in [0.05, 0.1) is 6.10 Å². The Kier molecular flexibility index (Phi) is 7.19. The van der Waals surface area contributed by atoms with E-state index < -0.39 is 21.7 Å². The molecule has 1 aliphatic rings. The second-order valence-electron chi connectivity index (χ2n) is 6.43. The van der Waals surface area contributed by atoms with Crippen molar-refractivity contribution in [2.75, 3.05) is 19.5 Å². The number of hydrogen-bond acceptors (Lipinski definition) is 2. The smallest absolute Gasteiger partial charge is 0.448 e. The molecule has 8 heteroatoms. The maximum atomic E-state index is 12.2. The molecule has 0 aromatic heterocycles. The zero-order valence-corrected chi connectivity index (χ0v) is 16.4. The van der Waals surface area contributed by atoms with E-state index in [1.807, 2.05) is 0 Å². The molecule has 0 aliphatic carbocycles. The Morgan fingerprint density at radius 3 is 2.00 bits per heavy atom. The van der Waals surface area contributed by atoms with Crippen molar-refractivity contribution in [3.05, 3.63) is 0 Å². The van der Waals surface area contributed by atoms with Crippen LogP contribution in [0.1, 0.15) is 20.8 Å². The fourth-order valence-corrected chi connectivity index (χ4v) is 2.97. The molecule has 1 aliphatic heterocycles. The molecule has 0 amide bonds.